The van der Waals surface area contributed by atoms with Crippen molar-refractivity contribution in [3.63, 3.8) is 0 Å². The Balaban J connectivity index is 1.79. The van der Waals surface area contributed by atoms with Crippen LogP contribution in [0.25, 0.3) is 11.4 Å². The van der Waals surface area contributed by atoms with Crippen LogP contribution in [-0.2, 0) is 6.42 Å². The lowest BCUT2D eigenvalue weighted by atomic mass is 10.1. The fraction of sp³-hybridized carbons (Fsp3) is 0.300. The highest BCUT2D eigenvalue weighted by Crippen LogP contribution is 2.32. The SMILES string of the molecule is CCOc1ccc(-c2n[nH]c([C@@H](N)Cc3ccccc3)n2)cc1OCC. The molecule has 26 heavy (non-hydrogen) atoms. The smallest absolute Gasteiger partial charge is 0.181 e. The Hall–Kier alpha value is -2.86. The average molecular weight is 352 g/mol. The van der Waals surface area contributed by atoms with E-state index in [0.29, 0.717) is 37.0 Å². The first-order valence-electron chi connectivity index (χ1n) is 8.83. The Kier molecular flexibility index (Phi) is 5.86. The Labute approximate surface area is 153 Å². The third-order valence-corrected chi connectivity index (χ3v) is 3.95. The molecule has 0 saturated carbocycles. The third kappa shape index (κ3) is 4.21. The highest BCUT2D eigenvalue weighted by Gasteiger charge is 2.15. The molecule has 0 bridgehead atoms. The van der Waals surface area contributed by atoms with Gasteiger partial charge in [-0.3, -0.25) is 5.10 Å². The molecular formula is C20H24N4O2. The monoisotopic (exact) mass is 352 g/mol. The van der Waals surface area contributed by atoms with Gasteiger partial charge in [0.2, 0.25) is 0 Å². The Morgan fingerprint density at radius 1 is 1.00 bits per heavy atom. The fourth-order valence-electron chi connectivity index (χ4n) is 2.72. The first-order chi connectivity index (χ1) is 12.7. The number of rotatable bonds is 8. The van der Waals surface area contributed by atoms with Crippen molar-refractivity contribution in [2.45, 2.75) is 26.3 Å². The van der Waals surface area contributed by atoms with E-state index in [2.05, 4.69) is 27.3 Å². The largest absolute Gasteiger partial charge is 0.490 e. The van der Waals surface area contributed by atoms with Gasteiger partial charge in [-0.25, -0.2) is 4.98 Å². The van der Waals surface area contributed by atoms with Crippen LogP contribution >= 0.6 is 0 Å². The summed E-state index contributed by atoms with van der Waals surface area (Å²) in [6.07, 6.45) is 0.697. The van der Waals surface area contributed by atoms with Crippen molar-refractivity contribution < 1.29 is 9.47 Å². The van der Waals surface area contributed by atoms with E-state index in [4.69, 9.17) is 15.2 Å². The Morgan fingerprint density at radius 3 is 2.46 bits per heavy atom. The molecule has 0 radical (unpaired) electrons. The fourth-order valence-corrected chi connectivity index (χ4v) is 2.72. The van der Waals surface area contributed by atoms with E-state index < -0.39 is 0 Å². The van der Waals surface area contributed by atoms with Gasteiger partial charge in [0.25, 0.3) is 0 Å². The topological polar surface area (TPSA) is 86.0 Å². The zero-order valence-electron chi connectivity index (χ0n) is 15.1. The van der Waals surface area contributed by atoms with Gasteiger partial charge >= 0.3 is 0 Å². The quantitative estimate of drug-likeness (QED) is 0.648. The zero-order valence-corrected chi connectivity index (χ0v) is 15.1. The van der Waals surface area contributed by atoms with Crippen molar-refractivity contribution in [3.8, 4) is 22.9 Å². The van der Waals surface area contributed by atoms with Gasteiger partial charge in [0, 0.05) is 5.56 Å². The maximum Gasteiger partial charge on any atom is 0.181 e. The molecule has 0 aliphatic rings. The predicted octanol–water partition coefficient (Wildman–Crippen LogP) is 3.51. The van der Waals surface area contributed by atoms with Crippen LogP contribution in [0.2, 0.25) is 0 Å². The lowest BCUT2D eigenvalue weighted by molar-refractivity contribution is 0.288. The van der Waals surface area contributed by atoms with Crippen LogP contribution in [0.4, 0.5) is 0 Å². The molecule has 3 N–H and O–H groups in total. The van der Waals surface area contributed by atoms with E-state index in [1.54, 1.807) is 0 Å². The standard InChI is InChI=1S/C20H24N4O2/c1-3-25-17-11-10-15(13-18(17)26-4-2)19-22-20(24-23-19)16(21)12-14-8-6-5-7-9-14/h5-11,13,16H,3-4,12,21H2,1-2H3,(H,22,23,24)/t16-/m0/s1. The first kappa shape index (κ1) is 17.9. The van der Waals surface area contributed by atoms with E-state index in [1.165, 1.54) is 0 Å². The molecule has 1 heterocycles. The molecule has 0 aliphatic heterocycles. The molecule has 6 heteroatoms. The second-order valence-corrected chi connectivity index (χ2v) is 5.87. The van der Waals surface area contributed by atoms with E-state index in [-0.39, 0.29) is 6.04 Å². The number of ether oxygens (including phenoxy) is 2. The molecule has 3 aromatic rings. The molecule has 136 valence electrons. The van der Waals surface area contributed by atoms with Crippen LogP contribution in [-0.4, -0.2) is 28.4 Å². The van der Waals surface area contributed by atoms with Crippen LogP contribution < -0.4 is 15.2 Å². The van der Waals surface area contributed by atoms with Crippen molar-refractivity contribution >= 4 is 0 Å². The number of H-pyrrole nitrogens is 1. The molecule has 0 spiro atoms. The minimum Gasteiger partial charge on any atom is -0.490 e. The molecule has 0 saturated heterocycles. The number of benzene rings is 2. The molecular weight excluding hydrogens is 328 g/mol. The minimum absolute atomic E-state index is 0.243. The van der Waals surface area contributed by atoms with Gasteiger partial charge in [0.05, 0.1) is 19.3 Å². The van der Waals surface area contributed by atoms with Crippen molar-refractivity contribution in [2.24, 2.45) is 5.73 Å². The van der Waals surface area contributed by atoms with Gasteiger partial charge in [-0.05, 0) is 44.0 Å². The van der Waals surface area contributed by atoms with Crippen molar-refractivity contribution in [2.75, 3.05) is 13.2 Å². The average Bonchev–Trinajstić information content (AvgIpc) is 3.15. The van der Waals surface area contributed by atoms with E-state index >= 15 is 0 Å². The van der Waals surface area contributed by atoms with Gasteiger partial charge in [-0.15, -0.1) is 0 Å². The number of hydrogen-bond donors (Lipinski definition) is 2. The number of nitrogens with zero attached hydrogens (tertiary/aromatic N) is 2. The normalized spacial score (nSPS) is 12.0. The maximum atomic E-state index is 6.28. The molecule has 0 fully saturated rings. The van der Waals surface area contributed by atoms with E-state index in [9.17, 15) is 0 Å². The predicted molar refractivity (Wildman–Crippen MR) is 101 cm³/mol. The third-order valence-electron chi connectivity index (χ3n) is 3.95. The summed E-state index contributed by atoms with van der Waals surface area (Å²) >= 11 is 0. The summed E-state index contributed by atoms with van der Waals surface area (Å²) in [5.74, 6) is 2.66. The molecule has 0 aliphatic carbocycles. The van der Waals surface area contributed by atoms with E-state index in [1.807, 2.05) is 50.2 Å². The number of hydrogen-bond acceptors (Lipinski definition) is 5. The second-order valence-electron chi connectivity index (χ2n) is 5.87. The Bertz CT molecular complexity index is 833. The molecule has 2 aromatic carbocycles. The summed E-state index contributed by atoms with van der Waals surface area (Å²) in [7, 11) is 0. The minimum atomic E-state index is -0.243. The molecule has 1 aromatic heterocycles. The van der Waals surface area contributed by atoms with Gasteiger partial charge in [0.15, 0.2) is 17.3 Å². The summed E-state index contributed by atoms with van der Waals surface area (Å²) in [5, 5.41) is 7.27. The van der Waals surface area contributed by atoms with E-state index in [0.717, 1.165) is 16.9 Å². The van der Waals surface area contributed by atoms with Crippen LogP contribution in [0.5, 0.6) is 11.5 Å². The highest BCUT2D eigenvalue weighted by atomic mass is 16.5. The highest BCUT2D eigenvalue weighted by molar-refractivity contribution is 5.61. The number of nitrogens with one attached hydrogen (secondary N) is 1. The summed E-state index contributed by atoms with van der Waals surface area (Å²) in [5.41, 5.74) is 8.30. The molecule has 3 rings (SSSR count). The number of nitrogens with two attached hydrogens (primary N) is 1. The van der Waals surface area contributed by atoms with Crippen LogP contribution in [0.15, 0.2) is 48.5 Å². The molecule has 0 unspecified atom stereocenters. The van der Waals surface area contributed by atoms with Crippen LogP contribution in [0.1, 0.15) is 31.3 Å². The molecule has 6 nitrogen and oxygen atoms in total. The van der Waals surface area contributed by atoms with Gasteiger partial charge < -0.3 is 15.2 Å². The number of aromatic nitrogens is 3. The Morgan fingerprint density at radius 2 is 1.73 bits per heavy atom. The summed E-state index contributed by atoms with van der Waals surface area (Å²) in [6.45, 7) is 5.03. The summed E-state index contributed by atoms with van der Waals surface area (Å²) in [4.78, 5) is 4.57. The van der Waals surface area contributed by atoms with Crippen molar-refractivity contribution in [3.05, 3.63) is 59.9 Å². The van der Waals surface area contributed by atoms with Gasteiger partial charge in [0.1, 0.15) is 5.82 Å². The number of aromatic amines is 1. The zero-order chi connectivity index (χ0) is 18.4. The van der Waals surface area contributed by atoms with Crippen LogP contribution in [0.3, 0.4) is 0 Å². The van der Waals surface area contributed by atoms with Crippen molar-refractivity contribution in [1.82, 2.24) is 15.2 Å². The molecule has 1 atom stereocenters. The molecule has 0 amide bonds. The second kappa shape index (κ2) is 8.49. The summed E-state index contributed by atoms with van der Waals surface area (Å²) in [6, 6.07) is 15.6. The van der Waals surface area contributed by atoms with Gasteiger partial charge in [-0.1, -0.05) is 30.3 Å². The summed E-state index contributed by atoms with van der Waals surface area (Å²) < 4.78 is 11.3. The lowest BCUT2D eigenvalue weighted by Gasteiger charge is -2.11. The maximum absolute atomic E-state index is 6.28. The van der Waals surface area contributed by atoms with Crippen LogP contribution in [0, 0.1) is 0 Å². The lowest BCUT2D eigenvalue weighted by Crippen LogP contribution is -2.15. The first-order valence-corrected chi connectivity index (χ1v) is 8.83. The van der Waals surface area contributed by atoms with Crippen molar-refractivity contribution in [1.29, 1.82) is 0 Å². The van der Waals surface area contributed by atoms with Gasteiger partial charge in [-0.2, -0.15) is 5.10 Å².